The van der Waals surface area contributed by atoms with Gasteiger partial charge < -0.3 is 28.5 Å². The minimum atomic E-state index is -1.20. The highest BCUT2D eigenvalue weighted by Gasteiger charge is 2.40. The second-order valence-corrected chi connectivity index (χ2v) is 10.7. The largest absolute Gasteiger partial charge is 0.496 e. The smallest absolute Gasteiger partial charge is 0.294 e. The van der Waals surface area contributed by atoms with Crippen LogP contribution in [-0.4, -0.2) is 45.5 Å². The Morgan fingerprint density at radius 3 is 2.92 bits per heavy atom. The number of thiazole rings is 1. The van der Waals surface area contributed by atoms with Gasteiger partial charge in [0, 0.05) is 29.5 Å². The van der Waals surface area contributed by atoms with Crippen molar-refractivity contribution in [3.05, 3.63) is 70.3 Å². The molecule has 0 radical (unpaired) electrons. The fourth-order valence-electron chi connectivity index (χ4n) is 4.69. The summed E-state index contributed by atoms with van der Waals surface area (Å²) in [7, 11) is 3.17. The van der Waals surface area contributed by atoms with Gasteiger partial charge in [-0.05, 0) is 23.5 Å². The molecule has 7 rings (SSSR count). The van der Waals surface area contributed by atoms with Crippen molar-refractivity contribution in [3.8, 4) is 33.9 Å². The minimum absolute atomic E-state index is 0.202. The molecule has 1 N–H and O–H groups in total. The second kappa shape index (κ2) is 9.26. The molecule has 0 saturated heterocycles. The van der Waals surface area contributed by atoms with Crippen LogP contribution in [0.2, 0.25) is 0 Å². The lowest BCUT2D eigenvalue weighted by Crippen LogP contribution is -2.33. The van der Waals surface area contributed by atoms with Gasteiger partial charge in [0.15, 0.2) is 5.76 Å². The third-order valence-electron chi connectivity index (χ3n) is 6.64. The standard InChI is InChI=1S/C27H22N4O6S2/c1-33-16-9-21(17-11-23(37-22(17)10-16)19-12-28-25-31(19)30-26(34-2)39-25)36-13-15-14-38-24(29-15)27(32)7-8-35-20-6-4-3-5-18(20)27/h3-6,9-12,14,32H,7-8,13H2,1-2H3. The molecule has 1 aliphatic rings. The zero-order valence-electron chi connectivity index (χ0n) is 20.9. The Hall–Kier alpha value is -4.13. The van der Waals surface area contributed by atoms with Crippen LogP contribution in [0.15, 0.2) is 58.5 Å². The molecule has 0 fully saturated rings. The van der Waals surface area contributed by atoms with Gasteiger partial charge in [0.25, 0.3) is 5.19 Å². The third kappa shape index (κ3) is 3.99. The maximum Gasteiger partial charge on any atom is 0.294 e. The molecule has 0 bridgehead atoms. The molecule has 2 aromatic carbocycles. The Morgan fingerprint density at radius 1 is 1.15 bits per heavy atom. The van der Waals surface area contributed by atoms with E-state index in [2.05, 4.69) is 10.1 Å². The number of aliphatic hydroxyl groups is 1. The minimum Gasteiger partial charge on any atom is -0.496 e. The molecule has 1 aliphatic heterocycles. The van der Waals surface area contributed by atoms with Crippen molar-refractivity contribution in [1.82, 2.24) is 19.6 Å². The van der Waals surface area contributed by atoms with Crippen LogP contribution < -0.4 is 18.9 Å². The summed E-state index contributed by atoms with van der Waals surface area (Å²) in [5.41, 5.74) is 1.53. The van der Waals surface area contributed by atoms with E-state index in [1.54, 1.807) is 24.9 Å². The topological polar surface area (TPSA) is 113 Å². The summed E-state index contributed by atoms with van der Waals surface area (Å²) in [4.78, 5) is 9.85. The van der Waals surface area contributed by atoms with Gasteiger partial charge in [-0.1, -0.05) is 18.2 Å². The summed E-state index contributed by atoms with van der Waals surface area (Å²) in [5, 5.41) is 19.8. The average Bonchev–Trinajstić information content (AvgIpc) is 3.75. The van der Waals surface area contributed by atoms with Gasteiger partial charge in [0.05, 0.1) is 38.1 Å². The Kier molecular flexibility index (Phi) is 5.69. The highest BCUT2D eigenvalue weighted by molar-refractivity contribution is 7.18. The van der Waals surface area contributed by atoms with Crippen molar-refractivity contribution in [2.75, 3.05) is 20.8 Å². The number of nitrogens with zero attached hydrogens (tertiary/aromatic N) is 4. The van der Waals surface area contributed by atoms with E-state index in [9.17, 15) is 5.11 Å². The lowest BCUT2D eigenvalue weighted by atomic mass is 9.89. The maximum absolute atomic E-state index is 11.6. The second-order valence-electron chi connectivity index (χ2n) is 8.95. The maximum atomic E-state index is 11.6. The van der Waals surface area contributed by atoms with E-state index in [1.807, 2.05) is 47.8 Å². The molecular formula is C27H22N4O6S2. The summed E-state index contributed by atoms with van der Waals surface area (Å²) in [5.74, 6) is 2.44. The normalized spacial score (nSPS) is 16.8. The number of aromatic nitrogens is 4. The highest BCUT2D eigenvalue weighted by Crippen LogP contribution is 2.43. The molecule has 0 spiro atoms. The lowest BCUT2D eigenvalue weighted by molar-refractivity contribution is 0.0345. The summed E-state index contributed by atoms with van der Waals surface area (Å²) in [6, 6.07) is 13.1. The summed E-state index contributed by atoms with van der Waals surface area (Å²) in [6.45, 7) is 0.619. The fraction of sp³-hybridized carbons (Fsp3) is 0.222. The number of hydrogen-bond acceptors (Lipinski definition) is 11. The van der Waals surface area contributed by atoms with Crippen LogP contribution in [0.1, 0.15) is 22.7 Å². The summed E-state index contributed by atoms with van der Waals surface area (Å²) < 4.78 is 30.6. The molecule has 4 aromatic heterocycles. The number of benzene rings is 2. The first-order chi connectivity index (χ1) is 19.1. The van der Waals surface area contributed by atoms with E-state index in [0.29, 0.717) is 68.2 Å². The lowest BCUT2D eigenvalue weighted by Gasteiger charge is -2.32. The van der Waals surface area contributed by atoms with Crippen LogP contribution in [-0.2, 0) is 12.2 Å². The summed E-state index contributed by atoms with van der Waals surface area (Å²) in [6.07, 6.45) is 2.14. The van der Waals surface area contributed by atoms with E-state index < -0.39 is 5.60 Å². The van der Waals surface area contributed by atoms with E-state index in [4.69, 9.17) is 28.3 Å². The average molecular weight is 563 g/mol. The van der Waals surface area contributed by atoms with Crippen molar-refractivity contribution in [1.29, 1.82) is 0 Å². The number of fused-ring (bicyclic) bond motifs is 3. The number of ether oxygens (including phenoxy) is 4. The quantitative estimate of drug-likeness (QED) is 0.278. The molecule has 10 nitrogen and oxygen atoms in total. The first kappa shape index (κ1) is 23.9. The number of hydrogen-bond donors (Lipinski definition) is 1. The van der Waals surface area contributed by atoms with Crippen molar-refractivity contribution >= 4 is 38.6 Å². The van der Waals surface area contributed by atoms with Crippen molar-refractivity contribution in [3.63, 3.8) is 0 Å². The number of imidazole rings is 1. The zero-order chi connectivity index (χ0) is 26.6. The predicted molar refractivity (Wildman–Crippen MR) is 145 cm³/mol. The van der Waals surface area contributed by atoms with E-state index >= 15 is 0 Å². The van der Waals surface area contributed by atoms with E-state index in [-0.39, 0.29) is 6.61 Å². The van der Waals surface area contributed by atoms with Crippen molar-refractivity contribution < 1.29 is 28.5 Å². The molecular weight excluding hydrogens is 540 g/mol. The Balaban J connectivity index is 1.19. The van der Waals surface area contributed by atoms with Gasteiger partial charge in [0.2, 0.25) is 4.96 Å². The molecule has 0 saturated carbocycles. The van der Waals surface area contributed by atoms with Crippen LogP contribution >= 0.6 is 22.7 Å². The molecule has 0 amide bonds. The Labute approximate surface area is 230 Å². The van der Waals surface area contributed by atoms with Crippen LogP contribution in [0.25, 0.3) is 27.4 Å². The van der Waals surface area contributed by atoms with E-state index in [1.165, 1.54) is 22.7 Å². The van der Waals surface area contributed by atoms with Crippen LogP contribution in [0.4, 0.5) is 0 Å². The SMILES string of the molecule is COc1cc(OCc2csc(C3(O)CCOc4ccccc43)n2)c2cc(-c3cnc4sc(OC)nn34)oc2c1. The molecule has 12 heteroatoms. The van der Waals surface area contributed by atoms with Gasteiger partial charge in [0.1, 0.15) is 45.7 Å². The van der Waals surface area contributed by atoms with Gasteiger partial charge >= 0.3 is 0 Å². The van der Waals surface area contributed by atoms with E-state index in [0.717, 1.165) is 10.9 Å². The van der Waals surface area contributed by atoms with Crippen LogP contribution in [0.3, 0.4) is 0 Å². The molecule has 0 aliphatic carbocycles. The molecule has 6 aromatic rings. The van der Waals surface area contributed by atoms with Gasteiger partial charge in [-0.2, -0.15) is 4.52 Å². The summed E-state index contributed by atoms with van der Waals surface area (Å²) >= 11 is 2.75. The molecule has 5 heterocycles. The monoisotopic (exact) mass is 562 g/mol. The molecule has 198 valence electrons. The van der Waals surface area contributed by atoms with Crippen LogP contribution in [0.5, 0.6) is 22.4 Å². The highest BCUT2D eigenvalue weighted by atomic mass is 32.1. The van der Waals surface area contributed by atoms with Gasteiger partial charge in [-0.15, -0.1) is 16.4 Å². The Bertz CT molecular complexity index is 1820. The number of para-hydroxylation sites is 1. The van der Waals surface area contributed by atoms with Crippen molar-refractivity contribution in [2.24, 2.45) is 0 Å². The van der Waals surface area contributed by atoms with Crippen molar-refractivity contribution in [2.45, 2.75) is 18.6 Å². The first-order valence-electron chi connectivity index (χ1n) is 12.1. The molecule has 39 heavy (non-hydrogen) atoms. The van der Waals surface area contributed by atoms with Crippen LogP contribution in [0, 0.1) is 0 Å². The predicted octanol–water partition coefficient (Wildman–Crippen LogP) is 5.28. The fourth-order valence-corrected chi connectivity index (χ4v) is 6.32. The molecule has 1 unspecified atom stereocenters. The number of furan rings is 1. The van der Waals surface area contributed by atoms with Gasteiger partial charge in [-0.3, -0.25) is 0 Å². The first-order valence-corrected chi connectivity index (χ1v) is 13.8. The Morgan fingerprint density at radius 2 is 2.05 bits per heavy atom. The third-order valence-corrected chi connectivity index (χ3v) is 8.56. The van der Waals surface area contributed by atoms with Gasteiger partial charge in [-0.25, -0.2) is 9.97 Å². The number of methoxy groups -OCH3 is 2. The number of rotatable bonds is 7. The zero-order valence-corrected chi connectivity index (χ0v) is 22.5. The molecule has 1 atom stereocenters.